The lowest BCUT2D eigenvalue weighted by Gasteiger charge is -2.30. The lowest BCUT2D eigenvalue weighted by Crippen LogP contribution is -2.34. The van der Waals surface area contributed by atoms with Crippen LogP contribution in [-0.4, -0.2) is 29.7 Å². The Bertz CT molecular complexity index is 392. The van der Waals surface area contributed by atoms with E-state index in [1.807, 2.05) is 0 Å². The first-order chi connectivity index (χ1) is 8.81. The Hall–Kier alpha value is -1.56. The normalized spacial score (nSPS) is 15.7. The van der Waals surface area contributed by atoms with Crippen LogP contribution >= 0.6 is 0 Å². The van der Waals surface area contributed by atoms with E-state index in [9.17, 15) is 0 Å². The standard InChI is InChI=1S/C12H21N5O/c1-3-17(9-6-4-5-7-9)12-10(18-2)11(16-13)14-8-15-12/h8-9H,3-7,13H2,1-2H3,(H,14,15,16). The average molecular weight is 251 g/mol. The van der Waals surface area contributed by atoms with Crippen LogP contribution in [-0.2, 0) is 0 Å². The van der Waals surface area contributed by atoms with E-state index < -0.39 is 0 Å². The fraction of sp³-hybridized carbons (Fsp3) is 0.667. The average Bonchev–Trinajstić information content (AvgIpc) is 2.93. The number of nitrogens with zero attached hydrogens (tertiary/aromatic N) is 3. The molecule has 1 aliphatic carbocycles. The molecule has 1 aromatic heterocycles. The first kappa shape index (κ1) is 12.9. The first-order valence-electron chi connectivity index (χ1n) is 6.44. The van der Waals surface area contributed by atoms with E-state index in [1.165, 1.54) is 32.0 Å². The maximum Gasteiger partial charge on any atom is 0.205 e. The molecule has 0 amide bonds. The van der Waals surface area contributed by atoms with E-state index in [0.29, 0.717) is 17.6 Å². The second-order valence-electron chi connectivity index (χ2n) is 4.45. The Morgan fingerprint density at radius 1 is 1.44 bits per heavy atom. The summed E-state index contributed by atoms with van der Waals surface area (Å²) in [6.07, 6.45) is 6.52. The number of hydrazine groups is 1. The molecule has 18 heavy (non-hydrogen) atoms. The maximum absolute atomic E-state index is 5.45. The van der Waals surface area contributed by atoms with Crippen LogP contribution in [0.5, 0.6) is 5.75 Å². The van der Waals surface area contributed by atoms with Gasteiger partial charge in [-0.25, -0.2) is 15.8 Å². The van der Waals surface area contributed by atoms with Crippen LogP contribution in [0.2, 0.25) is 0 Å². The summed E-state index contributed by atoms with van der Waals surface area (Å²) < 4.78 is 5.40. The third-order valence-electron chi connectivity index (χ3n) is 3.50. The van der Waals surface area contributed by atoms with E-state index in [4.69, 9.17) is 10.6 Å². The van der Waals surface area contributed by atoms with E-state index in [1.54, 1.807) is 7.11 Å². The number of hydrogen-bond donors (Lipinski definition) is 2. The summed E-state index contributed by atoms with van der Waals surface area (Å²) in [6.45, 7) is 3.04. The predicted octanol–water partition coefficient (Wildman–Crippen LogP) is 1.54. The summed E-state index contributed by atoms with van der Waals surface area (Å²) in [5, 5.41) is 0. The molecule has 6 heteroatoms. The van der Waals surface area contributed by atoms with Gasteiger partial charge < -0.3 is 15.1 Å². The van der Waals surface area contributed by atoms with Crippen LogP contribution in [0, 0.1) is 0 Å². The molecule has 1 saturated carbocycles. The molecular formula is C12H21N5O. The highest BCUT2D eigenvalue weighted by Crippen LogP contribution is 2.35. The molecule has 1 aromatic rings. The van der Waals surface area contributed by atoms with Crippen molar-refractivity contribution in [2.24, 2.45) is 5.84 Å². The molecule has 1 heterocycles. The minimum atomic E-state index is 0.527. The van der Waals surface area contributed by atoms with Gasteiger partial charge in [-0.15, -0.1) is 0 Å². The zero-order valence-corrected chi connectivity index (χ0v) is 11.0. The third-order valence-corrected chi connectivity index (χ3v) is 3.50. The van der Waals surface area contributed by atoms with Crippen molar-refractivity contribution in [1.82, 2.24) is 9.97 Å². The SMILES string of the molecule is CCN(c1ncnc(NN)c1OC)C1CCCC1. The quantitative estimate of drug-likeness (QED) is 0.610. The number of aromatic nitrogens is 2. The van der Waals surface area contributed by atoms with E-state index in [0.717, 1.165) is 12.4 Å². The molecule has 6 nitrogen and oxygen atoms in total. The number of nitrogens with one attached hydrogen (secondary N) is 1. The van der Waals surface area contributed by atoms with Crippen molar-refractivity contribution in [2.45, 2.75) is 38.6 Å². The highest BCUT2D eigenvalue weighted by molar-refractivity contribution is 5.64. The van der Waals surface area contributed by atoms with Crippen molar-refractivity contribution in [2.75, 3.05) is 24.0 Å². The van der Waals surface area contributed by atoms with Gasteiger partial charge in [0.15, 0.2) is 11.6 Å². The monoisotopic (exact) mass is 251 g/mol. The lowest BCUT2D eigenvalue weighted by molar-refractivity contribution is 0.410. The molecule has 0 unspecified atom stereocenters. The number of methoxy groups -OCH3 is 1. The number of rotatable bonds is 5. The van der Waals surface area contributed by atoms with Gasteiger partial charge in [0, 0.05) is 12.6 Å². The van der Waals surface area contributed by atoms with Crippen LogP contribution in [0.25, 0.3) is 0 Å². The molecule has 1 aliphatic rings. The van der Waals surface area contributed by atoms with Gasteiger partial charge >= 0.3 is 0 Å². The number of nitrogens with two attached hydrogens (primary N) is 1. The molecular weight excluding hydrogens is 230 g/mol. The Balaban J connectivity index is 2.34. The van der Waals surface area contributed by atoms with Crippen molar-refractivity contribution in [1.29, 1.82) is 0 Å². The number of anilines is 2. The van der Waals surface area contributed by atoms with Gasteiger partial charge in [-0.05, 0) is 19.8 Å². The van der Waals surface area contributed by atoms with E-state index in [2.05, 4.69) is 27.2 Å². The number of ether oxygens (including phenoxy) is 1. The molecule has 0 aromatic carbocycles. The summed E-state index contributed by atoms with van der Waals surface area (Å²) in [6, 6.07) is 0.546. The second-order valence-corrected chi connectivity index (χ2v) is 4.45. The zero-order chi connectivity index (χ0) is 13.0. The van der Waals surface area contributed by atoms with Crippen molar-refractivity contribution in [3.8, 4) is 5.75 Å². The second kappa shape index (κ2) is 5.86. The predicted molar refractivity (Wildman–Crippen MR) is 71.7 cm³/mol. The fourth-order valence-electron chi connectivity index (χ4n) is 2.66. The van der Waals surface area contributed by atoms with Crippen LogP contribution in [0.1, 0.15) is 32.6 Å². The molecule has 1 fully saturated rings. The fourth-order valence-corrected chi connectivity index (χ4v) is 2.66. The largest absolute Gasteiger partial charge is 0.490 e. The molecule has 2 rings (SSSR count). The minimum absolute atomic E-state index is 0.527. The topological polar surface area (TPSA) is 76.3 Å². The Morgan fingerprint density at radius 2 is 2.17 bits per heavy atom. The zero-order valence-electron chi connectivity index (χ0n) is 11.0. The van der Waals surface area contributed by atoms with Crippen molar-refractivity contribution < 1.29 is 4.74 Å². The summed E-state index contributed by atoms with van der Waals surface area (Å²) in [7, 11) is 1.62. The molecule has 0 spiro atoms. The Labute approximate surface area is 108 Å². The molecule has 0 radical (unpaired) electrons. The highest BCUT2D eigenvalue weighted by Gasteiger charge is 2.26. The Morgan fingerprint density at radius 3 is 2.72 bits per heavy atom. The molecule has 0 saturated heterocycles. The van der Waals surface area contributed by atoms with Gasteiger partial charge in [0.1, 0.15) is 6.33 Å². The lowest BCUT2D eigenvalue weighted by atomic mass is 10.2. The van der Waals surface area contributed by atoms with Gasteiger partial charge in [-0.1, -0.05) is 12.8 Å². The smallest absolute Gasteiger partial charge is 0.205 e. The van der Waals surface area contributed by atoms with Gasteiger partial charge in [0.25, 0.3) is 0 Å². The van der Waals surface area contributed by atoms with Gasteiger partial charge in [0.05, 0.1) is 7.11 Å². The summed E-state index contributed by atoms with van der Waals surface area (Å²) >= 11 is 0. The summed E-state index contributed by atoms with van der Waals surface area (Å²) in [5.74, 6) is 7.43. The van der Waals surface area contributed by atoms with Gasteiger partial charge in [0.2, 0.25) is 5.75 Å². The molecule has 100 valence electrons. The molecule has 3 N–H and O–H groups in total. The first-order valence-corrected chi connectivity index (χ1v) is 6.44. The van der Waals surface area contributed by atoms with E-state index in [-0.39, 0.29) is 0 Å². The van der Waals surface area contributed by atoms with Crippen molar-refractivity contribution in [3.63, 3.8) is 0 Å². The number of nitrogen functional groups attached to an aromatic ring is 1. The summed E-state index contributed by atoms with van der Waals surface area (Å²) in [4.78, 5) is 10.7. The van der Waals surface area contributed by atoms with Gasteiger partial charge in [-0.3, -0.25) is 0 Å². The van der Waals surface area contributed by atoms with Crippen molar-refractivity contribution in [3.05, 3.63) is 6.33 Å². The van der Waals surface area contributed by atoms with Crippen molar-refractivity contribution >= 4 is 11.6 Å². The summed E-state index contributed by atoms with van der Waals surface area (Å²) in [5.41, 5.74) is 2.55. The van der Waals surface area contributed by atoms with E-state index >= 15 is 0 Å². The molecule has 0 aliphatic heterocycles. The van der Waals surface area contributed by atoms with Crippen LogP contribution in [0.15, 0.2) is 6.33 Å². The maximum atomic E-state index is 5.45. The van der Waals surface area contributed by atoms with Crippen LogP contribution in [0.4, 0.5) is 11.6 Å². The van der Waals surface area contributed by atoms with Crippen LogP contribution in [0.3, 0.4) is 0 Å². The number of hydrogen-bond acceptors (Lipinski definition) is 6. The third kappa shape index (κ3) is 2.33. The van der Waals surface area contributed by atoms with Gasteiger partial charge in [-0.2, -0.15) is 0 Å². The Kier molecular flexibility index (Phi) is 4.19. The highest BCUT2D eigenvalue weighted by atomic mass is 16.5. The van der Waals surface area contributed by atoms with Crippen LogP contribution < -0.4 is 20.9 Å². The minimum Gasteiger partial charge on any atom is -0.490 e. The molecule has 0 atom stereocenters. The molecule has 0 bridgehead atoms.